The van der Waals surface area contributed by atoms with Gasteiger partial charge in [-0.15, -0.1) is 11.8 Å². The third-order valence-electron chi connectivity index (χ3n) is 6.13. The number of nitrogens with zero attached hydrogens (tertiary/aromatic N) is 4. The Balaban J connectivity index is 1.64. The van der Waals surface area contributed by atoms with Crippen molar-refractivity contribution in [1.82, 2.24) is 19.7 Å². The fourth-order valence-electron chi connectivity index (χ4n) is 4.42. The summed E-state index contributed by atoms with van der Waals surface area (Å²) in [5.41, 5.74) is 4.63. The lowest BCUT2D eigenvalue weighted by Gasteiger charge is -2.13. The number of thiazole rings is 1. The molecular formula is C28H28Cl2N4O4S2. The number of thioether (sulfide) groups is 1. The standard InChI is InChI=1S/C28H28Cl2N4O4S2/c1-14(2)39-27-24(17-6-7-20(29)21(30)11-17)32-28(40-27)34-25(26(35)36-5)23(16(4)33-34)18-10-15(3)31-22(12-18)38-19-8-9-37-13-19/h6-7,10-12,14,19H,8-9,13H2,1-5H3. The van der Waals surface area contributed by atoms with Crippen LogP contribution in [0, 0.1) is 13.8 Å². The highest BCUT2D eigenvalue weighted by atomic mass is 35.5. The van der Waals surface area contributed by atoms with Gasteiger partial charge in [-0.2, -0.15) is 9.78 Å². The molecule has 1 aliphatic rings. The molecule has 0 amide bonds. The van der Waals surface area contributed by atoms with E-state index in [0.29, 0.717) is 50.8 Å². The van der Waals surface area contributed by atoms with Gasteiger partial charge in [-0.25, -0.2) is 14.8 Å². The Bertz CT molecular complexity index is 1560. The van der Waals surface area contributed by atoms with Crippen molar-refractivity contribution >= 4 is 52.3 Å². The fraction of sp³-hybridized carbons (Fsp3) is 0.357. The Kier molecular flexibility index (Phi) is 8.72. The molecule has 8 nitrogen and oxygen atoms in total. The topological polar surface area (TPSA) is 88.4 Å². The fourth-order valence-corrected chi connectivity index (χ4v) is 7.20. The van der Waals surface area contributed by atoms with Crippen molar-refractivity contribution in [2.45, 2.75) is 49.7 Å². The minimum Gasteiger partial charge on any atom is -0.472 e. The monoisotopic (exact) mass is 618 g/mol. The van der Waals surface area contributed by atoms with Gasteiger partial charge in [-0.3, -0.25) is 0 Å². The van der Waals surface area contributed by atoms with Crippen LogP contribution in [-0.4, -0.2) is 57.4 Å². The molecule has 0 radical (unpaired) electrons. The van der Waals surface area contributed by atoms with Crippen molar-refractivity contribution < 1.29 is 19.0 Å². The Labute approximate surface area is 251 Å². The number of pyridine rings is 1. The van der Waals surface area contributed by atoms with E-state index in [-0.39, 0.29) is 11.8 Å². The lowest BCUT2D eigenvalue weighted by Crippen LogP contribution is -2.16. The molecule has 5 rings (SSSR count). The molecule has 0 saturated carbocycles. The summed E-state index contributed by atoms with van der Waals surface area (Å²) in [6, 6.07) is 9.16. The van der Waals surface area contributed by atoms with Crippen LogP contribution in [0.15, 0.2) is 34.5 Å². The molecule has 0 bridgehead atoms. The number of carbonyl (C=O) groups excluding carboxylic acids is 1. The van der Waals surface area contributed by atoms with Crippen LogP contribution >= 0.6 is 46.3 Å². The zero-order chi connectivity index (χ0) is 28.6. The molecular weight excluding hydrogens is 591 g/mol. The van der Waals surface area contributed by atoms with E-state index < -0.39 is 5.97 Å². The number of carbonyl (C=O) groups is 1. The number of hydrogen-bond donors (Lipinski definition) is 0. The zero-order valence-corrected chi connectivity index (χ0v) is 25.8. The highest BCUT2D eigenvalue weighted by Gasteiger charge is 2.28. The Hall–Kier alpha value is -2.63. The summed E-state index contributed by atoms with van der Waals surface area (Å²) in [5, 5.41) is 6.51. The molecule has 1 unspecified atom stereocenters. The number of benzene rings is 1. The molecule has 1 atom stereocenters. The summed E-state index contributed by atoms with van der Waals surface area (Å²) in [7, 11) is 1.36. The first-order valence-corrected chi connectivity index (χ1v) is 15.1. The van der Waals surface area contributed by atoms with Gasteiger partial charge < -0.3 is 14.2 Å². The summed E-state index contributed by atoms with van der Waals surface area (Å²) >= 11 is 15.6. The maximum absolute atomic E-state index is 13.3. The van der Waals surface area contributed by atoms with Crippen LogP contribution in [0.5, 0.6) is 5.88 Å². The summed E-state index contributed by atoms with van der Waals surface area (Å²) in [4.78, 5) is 22.8. The number of ether oxygens (including phenoxy) is 3. The van der Waals surface area contributed by atoms with E-state index in [1.54, 1.807) is 28.6 Å². The van der Waals surface area contributed by atoms with E-state index in [1.165, 1.54) is 18.4 Å². The van der Waals surface area contributed by atoms with E-state index in [0.717, 1.165) is 33.1 Å². The van der Waals surface area contributed by atoms with Crippen LogP contribution in [0.3, 0.4) is 0 Å². The molecule has 3 aromatic heterocycles. The molecule has 40 heavy (non-hydrogen) atoms. The molecule has 4 aromatic rings. The van der Waals surface area contributed by atoms with E-state index in [2.05, 4.69) is 18.8 Å². The molecule has 1 saturated heterocycles. The molecule has 0 N–H and O–H groups in total. The highest BCUT2D eigenvalue weighted by Crippen LogP contribution is 2.42. The first-order valence-electron chi connectivity index (χ1n) is 12.7. The molecule has 1 fully saturated rings. The largest absolute Gasteiger partial charge is 0.472 e. The molecule has 1 aromatic carbocycles. The summed E-state index contributed by atoms with van der Waals surface area (Å²) in [5.74, 6) is -0.0543. The Morgan fingerprint density at radius 2 is 1.95 bits per heavy atom. The number of methoxy groups -OCH3 is 1. The van der Waals surface area contributed by atoms with E-state index >= 15 is 0 Å². The van der Waals surface area contributed by atoms with Crippen molar-refractivity contribution in [3.05, 3.63) is 57.5 Å². The van der Waals surface area contributed by atoms with E-state index in [9.17, 15) is 4.79 Å². The lowest BCUT2D eigenvalue weighted by molar-refractivity contribution is 0.0591. The van der Waals surface area contributed by atoms with Gasteiger partial charge >= 0.3 is 5.97 Å². The predicted molar refractivity (Wildman–Crippen MR) is 160 cm³/mol. The van der Waals surface area contributed by atoms with Crippen LogP contribution in [0.4, 0.5) is 0 Å². The minimum atomic E-state index is -0.527. The van der Waals surface area contributed by atoms with Crippen molar-refractivity contribution in [2.24, 2.45) is 0 Å². The van der Waals surface area contributed by atoms with Gasteiger partial charge in [0.05, 0.1) is 46.0 Å². The first kappa shape index (κ1) is 28.9. The molecule has 1 aliphatic heterocycles. The number of aryl methyl sites for hydroxylation is 2. The number of hydrogen-bond acceptors (Lipinski definition) is 9. The molecule has 12 heteroatoms. The van der Waals surface area contributed by atoms with Crippen LogP contribution in [0.2, 0.25) is 10.0 Å². The zero-order valence-electron chi connectivity index (χ0n) is 22.7. The maximum atomic E-state index is 13.3. The van der Waals surface area contributed by atoms with E-state index in [4.69, 9.17) is 47.5 Å². The SMILES string of the molecule is COC(=O)c1c(-c2cc(C)nc(OC3CCOC3)c2)c(C)nn1-c1nc(-c2ccc(Cl)c(Cl)c2)c(SC(C)C)s1. The van der Waals surface area contributed by atoms with Gasteiger partial charge in [-0.1, -0.05) is 54.5 Å². The summed E-state index contributed by atoms with van der Waals surface area (Å²) < 4.78 is 19.3. The van der Waals surface area contributed by atoms with Gasteiger partial charge in [-0.05, 0) is 37.6 Å². The van der Waals surface area contributed by atoms with Gasteiger partial charge in [0.2, 0.25) is 11.0 Å². The normalized spacial score (nSPS) is 15.2. The Morgan fingerprint density at radius 1 is 1.15 bits per heavy atom. The average Bonchev–Trinajstić information content (AvgIpc) is 3.63. The van der Waals surface area contributed by atoms with Crippen molar-refractivity contribution in [3.8, 4) is 33.4 Å². The number of rotatable bonds is 8. The first-order chi connectivity index (χ1) is 19.1. The second-order valence-electron chi connectivity index (χ2n) is 9.58. The predicted octanol–water partition coefficient (Wildman–Crippen LogP) is 7.44. The van der Waals surface area contributed by atoms with Crippen LogP contribution in [0.1, 0.15) is 42.1 Å². The molecule has 0 spiro atoms. The highest BCUT2D eigenvalue weighted by molar-refractivity contribution is 8.01. The summed E-state index contributed by atoms with van der Waals surface area (Å²) in [6.45, 7) is 9.16. The van der Waals surface area contributed by atoms with Crippen molar-refractivity contribution in [3.63, 3.8) is 0 Å². The average molecular weight is 620 g/mol. The molecule has 0 aliphatic carbocycles. The number of aromatic nitrogens is 4. The van der Waals surface area contributed by atoms with Crippen LogP contribution < -0.4 is 4.74 Å². The third-order valence-corrected chi connectivity index (χ3v) is 9.12. The molecule has 4 heterocycles. The Morgan fingerprint density at radius 3 is 2.62 bits per heavy atom. The van der Waals surface area contributed by atoms with E-state index in [1.807, 2.05) is 32.0 Å². The maximum Gasteiger partial charge on any atom is 0.357 e. The third kappa shape index (κ3) is 6.01. The van der Waals surface area contributed by atoms with Crippen molar-refractivity contribution in [2.75, 3.05) is 20.3 Å². The van der Waals surface area contributed by atoms with Gasteiger partial charge in [0.1, 0.15) is 6.10 Å². The van der Waals surface area contributed by atoms with Crippen LogP contribution in [0.25, 0.3) is 27.5 Å². The minimum absolute atomic E-state index is 0.0574. The smallest absolute Gasteiger partial charge is 0.357 e. The van der Waals surface area contributed by atoms with Gasteiger partial charge in [0.15, 0.2) is 5.69 Å². The van der Waals surface area contributed by atoms with Crippen LogP contribution in [-0.2, 0) is 9.47 Å². The number of halogens is 2. The van der Waals surface area contributed by atoms with Gasteiger partial charge in [0, 0.05) is 34.6 Å². The second kappa shape index (κ2) is 12.1. The summed E-state index contributed by atoms with van der Waals surface area (Å²) in [6.07, 6.45) is 0.745. The molecule has 210 valence electrons. The second-order valence-corrected chi connectivity index (χ2v) is 13.2. The lowest BCUT2D eigenvalue weighted by atomic mass is 10.0. The van der Waals surface area contributed by atoms with Gasteiger partial charge in [0.25, 0.3) is 0 Å². The number of esters is 1. The quantitative estimate of drug-likeness (QED) is 0.149. The van der Waals surface area contributed by atoms with Crippen molar-refractivity contribution in [1.29, 1.82) is 0 Å².